The van der Waals surface area contributed by atoms with E-state index in [4.69, 9.17) is 4.74 Å². The van der Waals surface area contributed by atoms with Gasteiger partial charge in [0.25, 0.3) is 5.56 Å². The van der Waals surface area contributed by atoms with Crippen LogP contribution in [0.3, 0.4) is 0 Å². The van der Waals surface area contributed by atoms with Gasteiger partial charge in [0.2, 0.25) is 5.95 Å². The van der Waals surface area contributed by atoms with Crippen LogP contribution in [0, 0.1) is 6.92 Å². The van der Waals surface area contributed by atoms with Crippen molar-refractivity contribution in [3.63, 3.8) is 0 Å². The summed E-state index contributed by atoms with van der Waals surface area (Å²) in [7, 11) is 0. The third-order valence-electron chi connectivity index (χ3n) is 4.60. The van der Waals surface area contributed by atoms with Crippen LogP contribution in [0.1, 0.15) is 31.4 Å². The monoisotopic (exact) mass is 394 g/mol. The molecule has 0 aliphatic heterocycles. The molecule has 0 atom stereocenters. The molecule has 2 aromatic carbocycles. The van der Waals surface area contributed by atoms with Gasteiger partial charge in [-0.25, -0.2) is 10.4 Å². The molecule has 7 heteroatoms. The van der Waals surface area contributed by atoms with Gasteiger partial charge in [-0.05, 0) is 51.5 Å². The predicted molar refractivity (Wildman–Crippen MR) is 116 cm³/mol. The number of hydrogen-bond donors (Lipinski definition) is 2. The number of fused-ring (bicyclic) bond motifs is 1. The Morgan fingerprint density at radius 3 is 2.86 bits per heavy atom. The van der Waals surface area contributed by atoms with Crippen molar-refractivity contribution in [3.8, 4) is 5.75 Å². The third kappa shape index (κ3) is 4.81. The minimum absolute atomic E-state index is 0.124. The van der Waals surface area contributed by atoms with Gasteiger partial charge in [-0.15, -0.1) is 0 Å². The first-order valence-electron chi connectivity index (χ1n) is 9.69. The number of hydrazone groups is 1. The van der Waals surface area contributed by atoms with Crippen molar-refractivity contribution in [1.29, 1.82) is 0 Å². The molecular formula is C22H26N4O3. The van der Waals surface area contributed by atoms with Crippen LogP contribution in [0.4, 0.5) is 5.95 Å². The third-order valence-corrected chi connectivity index (χ3v) is 4.60. The molecule has 0 bridgehead atoms. The maximum absolute atomic E-state index is 13.0. The summed E-state index contributed by atoms with van der Waals surface area (Å²) in [6.45, 7) is 7.34. The van der Waals surface area contributed by atoms with Crippen molar-refractivity contribution < 1.29 is 9.84 Å². The minimum atomic E-state index is -0.124. The number of phenolic OH excluding ortho intramolecular Hbond substituents is 1. The summed E-state index contributed by atoms with van der Waals surface area (Å²) in [5, 5.41) is 15.1. The second kappa shape index (κ2) is 9.34. The standard InChI is InChI=1S/C22H26N4O3/c1-4-29-13-7-12-26-21(28)17-8-5-6-9-19(17)23-22(26)25-24-16(3)18-14-15(2)10-11-20(18)27/h5-6,8-11,14,27H,4,7,12-13H2,1-3H3,(H,23,25)/b24-16+. The van der Waals surface area contributed by atoms with Crippen molar-refractivity contribution in [2.75, 3.05) is 18.6 Å². The number of ether oxygens (including phenoxy) is 1. The van der Waals surface area contributed by atoms with E-state index < -0.39 is 0 Å². The number of rotatable bonds is 8. The summed E-state index contributed by atoms with van der Waals surface area (Å²) >= 11 is 0. The average molecular weight is 394 g/mol. The van der Waals surface area contributed by atoms with Gasteiger partial charge < -0.3 is 9.84 Å². The highest BCUT2D eigenvalue weighted by Crippen LogP contribution is 2.19. The highest BCUT2D eigenvalue weighted by molar-refractivity contribution is 6.01. The molecule has 3 rings (SSSR count). The van der Waals surface area contributed by atoms with Crippen LogP contribution in [-0.2, 0) is 11.3 Å². The summed E-state index contributed by atoms with van der Waals surface area (Å²) in [5.74, 6) is 0.510. The quantitative estimate of drug-likeness (QED) is 0.346. The van der Waals surface area contributed by atoms with Crippen LogP contribution in [-0.4, -0.2) is 33.6 Å². The van der Waals surface area contributed by atoms with Gasteiger partial charge in [0.15, 0.2) is 0 Å². The molecule has 0 fully saturated rings. The Morgan fingerprint density at radius 2 is 2.07 bits per heavy atom. The Morgan fingerprint density at radius 1 is 1.28 bits per heavy atom. The van der Waals surface area contributed by atoms with Crippen LogP contribution >= 0.6 is 0 Å². The second-order valence-electron chi connectivity index (χ2n) is 6.79. The molecule has 1 heterocycles. The predicted octanol–water partition coefficient (Wildman–Crippen LogP) is 3.67. The number of para-hydroxylation sites is 1. The zero-order valence-corrected chi connectivity index (χ0v) is 17.0. The van der Waals surface area contributed by atoms with Crippen LogP contribution in [0.15, 0.2) is 52.4 Å². The van der Waals surface area contributed by atoms with E-state index in [1.807, 2.05) is 38.1 Å². The molecule has 0 aliphatic rings. The molecule has 0 spiro atoms. The molecule has 0 radical (unpaired) electrons. The number of aromatic hydroxyl groups is 1. The molecule has 29 heavy (non-hydrogen) atoms. The summed E-state index contributed by atoms with van der Waals surface area (Å²) < 4.78 is 6.97. The Hall–Kier alpha value is -3.19. The Balaban J connectivity index is 1.96. The van der Waals surface area contributed by atoms with E-state index in [9.17, 15) is 9.90 Å². The van der Waals surface area contributed by atoms with Gasteiger partial charge in [-0.2, -0.15) is 5.10 Å². The van der Waals surface area contributed by atoms with Crippen molar-refractivity contribution in [3.05, 3.63) is 63.9 Å². The number of anilines is 1. The Labute approximate surface area is 169 Å². The first-order valence-corrected chi connectivity index (χ1v) is 9.69. The first kappa shape index (κ1) is 20.5. The molecule has 7 nitrogen and oxygen atoms in total. The summed E-state index contributed by atoms with van der Waals surface area (Å²) in [6.07, 6.45) is 0.684. The number of nitrogens with one attached hydrogen (secondary N) is 1. The fourth-order valence-corrected chi connectivity index (χ4v) is 3.06. The Kier molecular flexibility index (Phi) is 6.61. The molecule has 1 aromatic heterocycles. The average Bonchev–Trinajstić information content (AvgIpc) is 2.72. The van der Waals surface area contributed by atoms with Crippen molar-refractivity contribution in [1.82, 2.24) is 9.55 Å². The zero-order chi connectivity index (χ0) is 20.8. The van der Waals surface area contributed by atoms with Crippen LogP contribution in [0.2, 0.25) is 0 Å². The number of aryl methyl sites for hydroxylation is 1. The maximum atomic E-state index is 13.0. The van der Waals surface area contributed by atoms with E-state index in [1.54, 1.807) is 29.7 Å². The van der Waals surface area contributed by atoms with Gasteiger partial charge in [0.1, 0.15) is 5.75 Å². The summed E-state index contributed by atoms with van der Waals surface area (Å²) in [4.78, 5) is 17.6. The van der Waals surface area contributed by atoms with E-state index in [-0.39, 0.29) is 11.3 Å². The number of phenols is 1. The molecule has 0 unspecified atom stereocenters. The highest BCUT2D eigenvalue weighted by Gasteiger charge is 2.11. The number of aromatic nitrogens is 2. The normalized spacial score (nSPS) is 11.8. The highest BCUT2D eigenvalue weighted by atomic mass is 16.5. The van der Waals surface area contributed by atoms with E-state index >= 15 is 0 Å². The van der Waals surface area contributed by atoms with E-state index in [0.29, 0.717) is 54.3 Å². The van der Waals surface area contributed by atoms with Gasteiger partial charge in [0.05, 0.1) is 16.6 Å². The van der Waals surface area contributed by atoms with Crippen molar-refractivity contribution >= 4 is 22.6 Å². The van der Waals surface area contributed by atoms with Crippen LogP contribution in [0.5, 0.6) is 5.75 Å². The lowest BCUT2D eigenvalue weighted by molar-refractivity contribution is 0.141. The summed E-state index contributed by atoms with van der Waals surface area (Å²) in [5.41, 5.74) is 5.64. The SMILES string of the molecule is CCOCCCn1c(N/N=C(\C)c2cc(C)ccc2O)nc2ccccc2c1=O. The topological polar surface area (TPSA) is 88.7 Å². The van der Waals surface area contributed by atoms with E-state index in [2.05, 4.69) is 15.5 Å². The lowest BCUT2D eigenvalue weighted by atomic mass is 10.1. The van der Waals surface area contributed by atoms with Gasteiger partial charge in [-0.3, -0.25) is 9.36 Å². The van der Waals surface area contributed by atoms with Crippen molar-refractivity contribution in [2.24, 2.45) is 5.10 Å². The molecule has 0 saturated carbocycles. The largest absolute Gasteiger partial charge is 0.507 e. The number of nitrogens with zero attached hydrogens (tertiary/aromatic N) is 3. The van der Waals surface area contributed by atoms with Gasteiger partial charge >= 0.3 is 0 Å². The lowest BCUT2D eigenvalue weighted by Gasteiger charge is -2.13. The van der Waals surface area contributed by atoms with Crippen molar-refractivity contribution in [2.45, 2.75) is 33.7 Å². The maximum Gasteiger partial charge on any atom is 0.262 e. The van der Waals surface area contributed by atoms with Gasteiger partial charge in [-0.1, -0.05) is 23.8 Å². The molecule has 0 amide bonds. The van der Waals surface area contributed by atoms with Crippen LogP contribution in [0.25, 0.3) is 10.9 Å². The smallest absolute Gasteiger partial charge is 0.262 e. The second-order valence-corrected chi connectivity index (χ2v) is 6.79. The molecule has 0 aliphatic carbocycles. The zero-order valence-electron chi connectivity index (χ0n) is 17.0. The summed E-state index contributed by atoms with van der Waals surface area (Å²) in [6, 6.07) is 12.6. The fourth-order valence-electron chi connectivity index (χ4n) is 3.06. The fraction of sp³-hybridized carbons (Fsp3) is 0.318. The minimum Gasteiger partial charge on any atom is -0.507 e. The van der Waals surface area contributed by atoms with Crippen LogP contribution < -0.4 is 11.0 Å². The molecule has 3 aromatic rings. The first-order chi connectivity index (χ1) is 14.0. The molecule has 0 saturated heterocycles. The van der Waals surface area contributed by atoms with E-state index in [0.717, 1.165) is 5.56 Å². The van der Waals surface area contributed by atoms with Gasteiger partial charge in [0, 0.05) is 25.3 Å². The number of hydrogen-bond acceptors (Lipinski definition) is 6. The Bertz CT molecular complexity index is 1090. The molecule has 152 valence electrons. The molecule has 2 N–H and O–H groups in total. The molecular weight excluding hydrogens is 368 g/mol. The number of benzene rings is 2. The lowest BCUT2D eigenvalue weighted by Crippen LogP contribution is -2.25. The van der Waals surface area contributed by atoms with E-state index in [1.165, 1.54) is 0 Å².